The van der Waals surface area contributed by atoms with Gasteiger partial charge in [-0.1, -0.05) is 18.2 Å². The number of hydrogen-bond donors (Lipinski definition) is 1. The van der Waals surface area contributed by atoms with E-state index >= 15 is 0 Å². The second-order valence-corrected chi connectivity index (χ2v) is 5.17. The van der Waals surface area contributed by atoms with E-state index in [1.807, 2.05) is 0 Å². The molecule has 0 bridgehead atoms. The highest BCUT2D eigenvalue weighted by atomic mass is 16.5. The van der Waals surface area contributed by atoms with Crippen LogP contribution in [-0.4, -0.2) is 12.1 Å². The van der Waals surface area contributed by atoms with Crippen LogP contribution in [0.4, 0.5) is 0 Å². The molecule has 1 aromatic carbocycles. The van der Waals surface area contributed by atoms with Crippen molar-refractivity contribution in [3.63, 3.8) is 0 Å². The van der Waals surface area contributed by atoms with Gasteiger partial charge in [-0.3, -0.25) is 0 Å². The third-order valence-corrected chi connectivity index (χ3v) is 3.32. The van der Waals surface area contributed by atoms with E-state index in [9.17, 15) is 0 Å². The number of nitrogens with one attached hydrogen (secondary N) is 1. The van der Waals surface area contributed by atoms with Gasteiger partial charge in [0.15, 0.2) is 0 Å². The summed E-state index contributed by atoms with van der Waals surface area (Å²) in [6.07, 6.45) is 2.27. The second kappa shape index (κ2) is 2.99. The lowest BCUT2D eigenvalue weighted by Crippen LogP contribution is -2.35. The van der Waals surface area contributed by atoms with E-state index in [-0.39, 0.29) is 5.60 Å². The molecule has 0 spiro atoms. The molecule has 3 rings (SSSR count). The van der Waals surface area contributed by atoms with E-state index in [4.69, 9.17) is 4.74 Å². The molecule has 1 atom stereocenters. The summed E-state index contributed by atoms with van der Waals surface area (Å²) in [5, 5.41) is 3.44. The standard InChI is InChI=1S/C13H17NO/c1-13(2)8-9-4-3-5-10(12(9)15-13)11-6-7-14-11/h3-5,11,14H,6-8H2,1-2H3. The van der Waals surface area contributed by atoms with E-state index in [1.54, 1.807) is 0 Å². The molecule has 2 heteroatoms. The topological polar surface area (TPSA) is 21.3 Å². The van der Waals surface area contributed by atoms with Crippen molar-refractivity contribution in [2.45, 2.75) is 38.3 Å². The lowest BCUT2D eigenvalue weighted by Gasteiger charge is -2.29. The maximum absolute atomic E-state index is 6.04. The Morgan fingerprint density at radius 1 is 1.40 bits per heavy atom. The molecule has 0 amide bonds. The van der Waals surface area contributed by atoms with Gasteiger partial charge < -0.3 is 10.1 Å². The number of rotatable bonds is 1. The summed E-state index contributed by atoms with van der Waals surface area (Å²) in [7, 11) is 0. The highest BCUT2D eigenvalue weighted by Gasteiger charge is 2.34. The number of ether oxygens (including phenoxy) is 1. The number of benzene rings is 1. The molecule has 2 heterocycles. The smallest absolute Gasteiger partial charge is 0.128 e. The van der Waals surface area contributed by atoms with Crippen molar-refractivity contribution in [1.29, 1.82) is 0 Å². The highest BCUT2D eigenvalue weighted by Crippen LogP contribution is 2.41. The zero-order chi connectivity index (χ0) is 10.5. The van der Waals surface area contributed by atoms with Gasteiger partial charge in [-0.05, 0) is 32.4 Å². The summed E-state index contributed by atoms with van der Waals surface area (Å²) in [5.41, 5.74) is 2.69. The van der Waals surface area contributed by atoms with E-state index in [0.29, 0.717) is 6.04 Å². The van der Waals surface area contributed by atoms with Crippen LogP contribution in [0.2, 0.25) is 0 Å². The minimum Gasteiger partial charge on any atom is -0.487 e. The summed E-state index contributed by atoms with van der Waals surface area (Å²) in [6, 6.07) is 7.05. The Bertz CT molecular complexity index is 394. The molecular formula is C13H17NO. The van der Waals surface area contributed by atoms with Crippen LogP contribution in [0, 0.1) is 0 Å². The number of para-hydroxylation sites is 1. The van der Waals surface area contributed by atoms with Crippen LogP contribution in [0.15, 0.2) is 18.2 Å². The Kier molecular flexibility index (Phi) is 1.84. The summed E-state index contributed by atoms with van der Waals surface area (Å²) < 4.78 is 6.04. The van der Waals surface area contributed by atoms with E-state index in [1.165, 1.54) is 17.5 Å². The third-order valence-electron chi connectivity index (χ3n) is 3.32. The Morgan fingerprint density at radius 3 is 2.87 bits per heavy atom. The van der Waals surface area contributed by atoms with Crippen molar-refractivity contribution < 1.29 is 4.74 Å². The third kappa shape index (κ3) is 1.44. The Morgan fingerprint density at radius 2 is 2.20 bits per heavy atom. The molecule has 0 radical (unpaired) electrons. The van der Waals surface area contributed by atoms with E-state index in [0.717, 1.165) is 18.7 Å². The van der Waals surface area contributed by atoms with Gasteiger partial charge in [0.25, 0.3) is 0 Å². The van der Waals surface area contributed by atoms with Crippen LogP contribution in [-0.2, 0) is 6.42 Å². The SMILES string of the molecule is CC1(C)Cc2cccc(C3CCN3)c2O1. The van der Waals surface area contributed by atoms with Crippen LogP contribution < -0.4 is 10.1 Å². The Labute approximate surface area is 90.6 Å². The molecule has 1 N–H and O–H groups in total. The predicted molar refractivity (Wildman–Crippen MR) is 60.2 cm³/mol. The monoisotopic (exact) mass is 203 g/mol. The lowest BCUT2D eigenvalue weighted by molar-refractivity contribution is 0.135. The fraction of sp³-hybridized carbons (Fsp3) is 0.538. The van der Waals surface area contributed by atoms with Crippen LogP contribution in [0.1, 0.15) is 37.4 Å². The minimum atomic E-state index is -0.0256. The molecule has 2 aliphatic rings. The van der Waals surface area contributed by atoms with Crippen molar-refractivity contribution in [2.75, 3.05) is 6.54 Å². The Hall–Kier alpha value is -1.02. The van der Waals surface area contributed by atoms with E-state index in [2.05, 4.69) is 37.4 Å². The van der Waals surface area contributed by atoms with Crippen LogP contribution in [0.5, 0.6) is 5.75 Å². The fourth-order valence-electron chi connectivity index (χ4n) is 2.47. The molecular weight excluding hydrogens is 186 g/mol. The first-order chi connectivity index (χ1) is 7.16. The van der Waals surface area contributed by atoms with Crippen molar-refractivity contribution in [3.05, 3.63) is 29.3 Å². The average Bonchev–Trinajstić information content (AvgIpc) is 2.37. The summed E-state index contributed by atoms with van der Waals surface area (Å²) >= 11 is 0. The number of fused-ring (bicyclic) bond motifs is 1. The van der Waals surface area contributed by atoms with Gasteiger partial charge in [0, 0.05) is 18.0 Å². The summed E-state index contributed by atoms with van der Waals surface area (Å²) in [4.78, 5) is 0. The first-order valence-electron chi connectivity index (χ1n) is 5.70. The van der Waals surface area contributed by atoms with Gasteiger partial charge in [0.2, 0.25) is 0 Å². The van der Waals surface area contributed by atoms with Crippen LogP contribution in [0.25, 0.3) is 0 Å². The first kappa shape index (κ1) is 9.22. The van der Waals surface area contributed by atoms with Gasteiger partial charge >= 0.3 is 0 Å². The van der Waals surface area contributed by atoms with Gasteiger partial charge in [-0.2, -0.15) is 0 Å². The summed E-state index contributed by atoms with van der Waals surface area (Å²) in [5.74, 6) is 1.14. The summed E-state index contributed by atoms with van der Waals surface area (Å²) in [6.45, 7) is 5.45. The van der Waals surface area contributed by atoms with Gasteiger partial charge in [-0.15, -0.1) is 0 Å². The molecule has 2 aliphatic heterocycles. The van der Waals surface area contributed by atoms with Crippen molar-refractivity contribution in [1.82, 2.24) is 5.32 Å². The highest BCUT2D eigenvalue weighted by molar-refractivity contribution is 5.47. The minimum absolute atomic E-state index is 0.0256. The van der Waals surface area contributed by atoms with Crippen molar-refractivity contribution in [3.8, 4) is 5.75 Å². The molecule has 1 saturated heterocycles. The Balaban J connectivity index is 2.01. The number of hydrogen-bond acceptors (Lipinski definition) is 2. The lowest BCUT2D eigenvalue weighted by atomic mass is 9.94. The normalized spacial score (nSPS) is 26.7. The quantitative estimate of drug-likeness (QED) is 0.757. The van der Waals surface area contributed by atoms with Gasteiger partial charge in [0.05, 0.1) is 0 Å². The molecule has 2 nitrogen and oxygen atoms in total. The van der Waals surface area contributed by atoms with Crippen LogP contribution >= 0.6 is 0 Å². The van der Waals surface area contributed by atoms with Crippen molar-refractivity contribution >= 4 is 0 Å². The zero-order valence-electron chi connectivity index (χ0n) is 9.34. The largest absolute Gasteiger partial charge is 0.487 e. The molecule has 0 saturated carbocycles. The first-order valence-corrected chi connectivity index (χ1v) is 5.70. The second-order valence-electron chi connectivity index (χ2n) is 5.17. The molecule has 1 fully saturated rings. The molecule has 15 heavy (non-hydrogen) atoms. The molecule has 0 aromatic heterocycles. The molecule has 1 aromatic rings. The molecule has 1 unspecified atom stereocenters. The van der Waals surface area contributed by atoms with E-state index < -0.39 is 0 Å². The average molecular weight is 203 g/mol. The maximum atomic E-state index is 6.04. The molecule has 80 valence electrons. The van der Waals surface area contributed by atoms with Gasteiger partial charge in [-0.25, -0.2) is 0 Å². The van der Waals surface area contributed by atoms with Crippen LogP contribution in [0.3, 0.4) is 0 Å². The molecule has 0 aliphatic carbocycles. The predicted octanol–water partition coefficient (Wildman–Crippen LogP) is 2.43. The fourth-order valence-corrected chi connectivity index (χ4v) is 2.47. The van der Waals surface area contributed by atoms with Gasteiger partial charge in [0.1, 0.15) is 11.4 Å². The maximum Gasteiger partial charge on any atom is 0.128 e. The van der Waals surface area contributed by atoms with Crippen molar-refractivity contribution in [2.24, 2.45) is 0 Å². The zero-order valence-corrected chi connectivity index (χ0v) is 9.34.